The quantitative estimate of drug-likeness (QED) is 0.474. The molecule has 5 nitrogen and oxygen atoms in total. The maximum atomic E-state index is 4.43. The fraction of sp³-hybridized carbons (Fsp3) is 0.320. The molecule has 158 valence electrons. The van der Waals surface area contributed by atoms with E-state index in [0.717, 1.165) is 23.7 Å². The zero-order valence-electron chi connectivity index (χ0n) is 18.0. The lowest BCUT2D eigenvalue weighted by Crippen LogP contribution is -2.26. The summed E-state index contributed by atoms with van der Waals surface area (Å²) in [7, 11) is 0. The summed E-state index contributed by atoms with van der Waals surface area (Å²) in [5.74, 6) is 2.70. The minimum atomic E-state index is 0.557. The second kappa shape index (κ2) is 8.71. The van der Waals surface area contributed by atoms with E-state index in [1.807, 2.05) is 30.5 Å². The Morgan fingerprint density at radius 1 is 1.06 bits per heavy atom. The van der Waals surface area contributed by atoms with Crippen LogP contribution < -0.4 is 4.90 Å². The molecule has 0 unspecified atom stereocenters. The number of rotatable bonds is 7. The van der Waals surface area contributed by atoms with E-state index in [-0.39, 0.29) is 0 Å². The monoisotopic (exact) mass is 429 g/mol. The number of allylic oxidation sites excluding steroid dienone is 2. The van der Waals surface area contributed by atoms with E-state index in [1.54, 1.807) is 0 Å². The summed E-state index contributed by atoms with van der Waals surface area (Å²) < 4.78 is 2.22. The van der Waals surface area contributed by atoms with Crippen LogP contribution in [0.3, 0.4) is 0 Å². The van der Waals surface area contributed by atoms with Crippen molar-refractivity contribution in [3.8, 4) is 11.4 Å². The molecule has 0 radical (unpaired) electrons. The van der Waals surface area contributed by atoms with E-state index in [9.17, 15) is 0 Å². The van der Waals surface area contributed by atoms with Crippen LogP contribution in [0.1, 0.15) is 38.3 Å². The number of benzene rings is 1. The molecule has 3 aromatic rings. The fourth-order valence-corrected chi connectivity index (χ4v) is 4.79. The Kier molecular flexibility index (Phi) is 5.64. The highest BCUT2D eigenvalue weighted by atomic mass is 32.2. The van der Waals surface area contributed by atoms with Crippen LogP contribution in [0.2, 0.25) is 0 Å². The zero-order valence-corrected chi connectivity index (χ0v) is 18.8. The number of pyridine rings is 1. The molecular formula is C25H27N5S. The van der Waals surface area contributed by atoms with Gasteiger partial charge < -0.3 is 9.47 Å². The molecule has 0 spiro atoms. The molecule has 0 N–H and O–H groups in total. The van der Waals surface area contributed by atoms with Crippen LogP contribution in [0.5, 0.6) is 0 Å². The molecule has 0 saturated heterocycles. The first-order chi connectivity index (χ1) is 15.2. The summed E-state index contributed by atoms with van der Waals surface area (Å²) in [6.45, 7) is 5.37. The lowest BCUT2D eigenvalue weighted by Gasteiger charge is -2.31. The number of nitrogens with zero attached hydrogens (tertiary/aromatic N) is 5. The predicted molar refractivity (Wildman–Crippen MR) is 129 cm³/mol. The predicted octanol–water partition coefficient (Wildman–Crippen LogP) is 5.81. The molecule has 2 aromatic heterocycles. The van der Waals surface area contributed by atoms with E-state index >= 15 is 0 Å². The van der Waals surface area contributed by atoms with Gasteiger partial charge in [-0.15, -0.1) is 22.0 Å². The van der Waals surface area contributed by atoms with Gasteiger partial charge in [-0.2, -0.15) is 0 Å². The first-order valence-corrected chi connectivity index (χ1v) is 11.9. The topological polar surface area (TPSA) is 46.8 Å². The molecule has 5 rings (SSSR count). The van der Waals surface area contributed by atoms with Crippen molar-refractivity contribution in [3.63, 3.8) is 0 Å². The van der Waals surface area contributed by atoms with Gasteiger partial charge in [0.15, 0.2) is 5.82 Å². The lowest BCUT2D eigenvalue weighted by atomic mass is 10.0. The van der Waals surface area contributed by atoms with Crippen LogP contribution in [-0.2, 0) is 0 Å². The van der Waals surface area contributed by atoms with Gasteiger partial charge in [-0.05, 0) is 60.2 Å². The molecule has 31 heavy (non-hydrogen) atoms. The van der Waals surface area contributed by atoms with Gasteiger partial charge in [0.05, 0.1) is 5.03 Å². The Bertz CT molecular complexity index is 1110. The summed E-state index contributed by atoms with van der Waals surface area (Å²) in [5.41, 5.74) is 4.82. The second-order valence-electron chi connectivity index (χ2n) is 8.57. The van der Waals surface area contributed by atoms with Crippen molar-refractivity contribution in [2.75, 3.05) is 17.2 Å². The van der Waals surface area contributed by atoms with E-state index in [1.165, 1.54) is 34.7 Å². The van der Waals surface area contributed by atoms with E-state index in [0.29, 0.717) is 12.0 Å². The van der Waals surface area contributed by atoms with Gasteiger partial charge in [-0.25, -0.2) is 0 Å². The molecule has 0 atom stereocenters. The molecule has 2 aliphatic rings. The molecule has 0 amide bonds. The SMILES string of the molecule is CC(C)CSC1=CC=C(c2ccncc2)CN1c1cccc(-c2nncn2C2CC2)c1. The highest BCUT2D eigenvalue weighted by molar-refractivity contribution is 8.03. The van der Waals surface area contributed by atoms with E-state index in [2.05, 4.69) is 87.0 Å². The Morgan fingerprint density at radius 3 is 2.68 bits per heavy atom. The van der Waals surface area contributed by atoms with Gasteiger partial charge >= 0.3 is 0 Å². The van der Waals surface area contributed by atoms with E-state index < -0.39 is 0 Å². The van der Waals surface area contributed by atoms with Gasteiger partial charge in [-0.3, -0.25) is 4.98 Å². The fourth-order valence-electron chi connectivity index (χ4n) is 3.80. The molecule has 1 aromatic carbocycles. The molecule has 1 saturated carbocycles. The smallest absolute Gasteiger partial charge is 0.164 e. The number of hydrogen-bond acceptors (Lipinski definition) is 5. The maximum absolute atomic E-state index is 4.43. The number of hydrogen-bond donors (Lipinski definition) is 0. The first kappa shape index (κ1) is 20.1. The Labute approximate surface area is 187 Å². The average Bonchev–Trinajstić information content (AvgIpc) is 3.54. The minimum absolute atomic E-state index is 0.557. The molecule has 0 bridgehead atoms. The Hall–Kier alpha value is -2.86. The van der Waals surface area contributed by atoms with Gasteiger partial charge in [0, 0.05) is 42.0 Å². The first-order valence-electron chi connectivity index (χ1n) is 10.9. The Morgan fingerprint density at radius 2 is 1.90 bits per heavy atom. The minimum Gasteiger partial charge on any atom is -0.332 e. The summed E-state index contributed by atoms with van der Waals surface area (Å²) >= 11 is 1.92. The summed E-state index contributed by atoms with van der Waals surface area (Å²) in [5, 5.41) is 9.90. The van der Waals surface area contributed by atoms with Gasteiger partial charge in [0.2, 0.25) is 0 Å². The van der Waals surface area contributed by atoms with Crippen molar-refractivity contribution in [1.29, 1.82) is 0 Å². The average molecular weight is 430 g/mol. The van der Waals surface area contributed by atoms with Crippen molar-refractivity contribution >= 4 is 23.0 Å². The number of anilines is 1. The summed E-state index contributed by atoms with van der Waals surface area (Å²) in [6.07, 6.45) is 12.5. The third kappa shape index (κ3) is 4.44. The van der Waals surface area contributed by atoms with Crippen LogP contribution in [0.25, 0.3) is 17.0 Å². The molecular weight excluding hydrogens is 402 g/mol. The zero-order chi connectivity index (χ0) is 21.2. The van der Waals surface area contributed by atoms with Crippen LogP contribution >= 0.6 is 11.8 Å². The van der Waals surface area contributed by atoms with Crippen molar-refractivity contribution in [2.24, 2.45) is 5.92 Å². The van der Waals surface area contributed by atoms with Crippen LogP contribution in [-0.4, -0.2) is 32.0 Å². The highest BCUT2D eigenvalue weighted by Gasteiger charge is 2.27. The lowest BCUT2D eigenvalue weighted by molar-refractivity contribution is 0.746. The standard InChI is InChI=1S/C25H27N5S/c1-18(2)16-31-24-9-6-21(19-10-12-26-13-11-19)15-29(24)23-5-3-4-20(14-23)25-28-27-17-30(25)22-7-8-22/h3-6,9-14,17-18,22H,7-8,15-16H2,1-2H3. The molecule has 1 fully saturated rings. The van der Waals surface area contributed by atoms with Crippen LogP contribution in [0, 0.1) is 5.92 Å². The third-order valence-electron chi connectivity index (χ3n) is 5.57. The molecule has 1 aliphatic heterocycles. The molecule has 3 heterocycles. The molecule has 6 heteroatoms. The van der Waals surface area contributed by atoms with Gasteiger partial charge in [0.1, 0.15) is 6.33 Å². The van der Waals surface area contributed by atoms with Crippen molar-refractivity contribution in [1.82, 2.24) is 19.7 Å². The second-order valence-corrected chi connectivity index (χ2v) is 9.61. The summed E-state index contributed by atoms with van der Waals surface area (Å²) in [6, 6.07) is 13.4. The Balaban J connectivity index is 1.48. The maximum Gasteiger partial charge on any atom is 0.164 e. The van der Waals surface area contributed by atoms with Crippen molar-refractivity contribution < 1.29 is 0 Å². The van der Waals surface area contributed by atoms with E-state index in [4.69, 9.17) is 0 Å². The normalized spacial score (nSPS) is 16.4. The van der Waals surface area contributed by atoms with Gasteiger partial charge in [0.25, 0.3) is 0 Å². The third-order valence-corrected chi connectivity index (χ3v) is 7.05. The number of thioether (sulfide) groups is 1. The number of aromatic nitrogens is 4. The van der Waals surface area contributed by atoms with Crippen LogP contribution in [0.4, 0.5) is 5.69 Å². The summed E-state index contributed by atoms with van der Waals surface area (Å²) in [4.78, 5) is 6.59. The van der Waals surface area contributed by atoms with Gasteiger partial charge in [-0.1, -0.05) is 32.1 Å². The molecule has 1 aliphatic carbocycles. The van der Waals surface area contributed by atoms with Crippen molar-refractivity contribution in [3.05, 3.63) is 77.9 Å². The highest BCUT2D eigenvalue weighted by Crippen LogP contribution is 2.39. The van der Waals surface area contributed by atoms with Crippen LogP contribution in [0.15, 0.2) is 72.3 Å². The largest absolute Gasteiger partial charge is 0.332 e. The van der Waals surface area contributed by atoms with Crippen molar-refractivity contribution in [2.45, 2.75) is 32.7 Å².